The minimum Gasteiger partial charge on any atom is -0.397 e. The SMILES string of the molecule is Cc1cc(N)c(NC(=O)C2CCCCC2(C)C)cc1C. The third-order valence-electron chi connectivity index (χ3n) is 4.75. The highest BCUT2D eigenvalue weighted by molar-refractivity contribution is 5.96. The van der Waals surface area contributed by atoms with Gasteiger partial charge in [-0.25, -0.2) is 0 Å². The van der Waals surface area contributed by atoms with Gasteiger partial charge < -0.3 is 11.1 Å². The van der Waals surface area contributed by atoms with Crippen LogP contribution in [0.4, 0.5) is 11.4 Å². The number of carbonyl (C=O) groups excluding carboxylic acids is 1. The molecule has 1 amide bonds. The number of nitrogen functional groups attached to an aromatic ring is 1. The van der Waals surface area contributed by atoms with Crippen LogP contribution in [-0.4, -0.2) is 5.91 Å². The van der Waals surface area contributed by atoms with Gasteiger partial charge in [-0.15, -0.1) is 0 Å². The van der Waals surface area contributed by atoms with Crippen molar-refractivity contribution in [1.82, 2.24) is 0 Å². The van der Waals surface area contributed by atoms with Gasteiger partial charge in [-0.1, -0.05) is 26.7 Å². The molecule has 0 radical (unpaired) electrons. The zero-order valence-corrected chi connectivity index (χ0v) is 13.0. The molecule has 1 aromatic rings. The van der Waals surface area contributed by atoms with Crippen LogP contribution in [0.1, 0.15) is 50.7 Å². The molecule has 3 N–H and O–H groups in total. The molecule has 1 fully saturated rings. The predicted molar refractivity (Wildman–Crippen MR) is 84.7 cm³/mol. The van der Waals surface area contributed by atoms with Gasteiger partial charge in [-0.2, -0.15) is 0 Å². The predicted octanol–water partition coefficient (Wildman–Crippen LogP) is 4.04. The van der Waals surface area contributed by atoms with E-state index in [-0.39, 0.29) is 17.2 Å². The van der Waals surface area contributed by atoms with Gasteiger partial charge in [0.2, 0.25) is 5.91 Å². The van der Waals surface area contributed by atoms with Crippen molar-refractivity contribution in [1.29, 1.82) is 0 Å². The van der Waals surface area contributed by atoms with Gasteiger partial charge in [0.1, 0.15) is 0 Å². The number of anilines is 2. The quantitative estimate of drug-likeness (QED) is 0.800. The molecule has 0 saturated heterocycles. The Morgan fingerprint density at radius 1 is 1.25 bits per heavy atom. The van der Waals surface area contributed by atoms with Gasteiger partial charge in [0, 0.05) is 5.92 Å². The molecule has 0 aliphatic heterocycles. The zero-order valence-electron chi connectivity index (χ0n) is 13.0. The van der Waals surface area contributed by atoms with Crippen molar-refractivity contribution < 1.29 is 4.79 Å². The highest BCUT2D eigenvalue weighted by Gasteiger charge is 2.37. The van der Waals surface area contributed by atoms with E-state index in [4.69, 9.17) is 5.73 Å². The van der Waals surface area contributed by atoms with Crippen LogP contribution >= 0.6 is 0 Å². The first-order valence-electron chi connectivity index (χ1n) is 7.49. The van der Waals surface area contributed by atoms with Crippen molar-refractivity contribution in [2.45, 2.75) is 53.4 Å². The summed E-state index contributed by atoms with van der Waals surface area (Å²) in [7, 11) is 0. The van der Waals surface area contributed by atoms with Crippen molar-refractivity contribution in [2.24, 2.45) is 11.3 Å². The van der Waals surface area contributed by atoms with Crippen molar-refractivity contribution in [2.75, 3.05) is 11.1 Å². The average Bonchev–Trinajstić information content (AvgIpc) is 2.35. The van der Waals surface area contributed by atoms with E-state index in [1.165, 1.54) is 6.42 Å². The number of carbonyl (C=O) groups is 1. The maximum absolute atomic E-state index is 12.6. The Balaban J connectivity index is 2.17. The zero-order chi connectivity index (χ0) is 14.9. The van der Waals surface area contributed by atoms with Crippen LogP contribution in [-0.2, 0) is 4.79 Å². The van der Waals surface area contributed by atoms with Gasteiger partial charge in [0.05, 0.1) is 11.4 Å². The van der Waals surface area contributed by atoms with Crippen LogP contribution in [0.25, 0.3) is 0 Å². The minimum atomic E-state index is 0.0802. The second-order valence-electron chi connectivity index (χ2n) is 6.80. The lowest BCUT2D eigenvalue weighted by Crippen LogP contribution is -2.37. The lowest BCUT2D eigenvalue weighted by molar-refractivity contribution is -0.124. The molecular formula is C17H26N2O. The van der Waals surface area contributed by atoms with Gasteiger partial charge in [-0.3, -0.25) is 4.79 Å². The first-order chi connectivity index (χ1) is 9.31. The van der Waals surface area contributed by atoms with Crippen LogP contribution < -0.4 is 11.1 Å². The first kappa shape index (κ1) is 14.9. The number of hydrogen-bond donors (Lipinski definition) is 2. The molecule has 1 aliphatic rings. The fourth-order valence-corrected chi connectivity index (χ4v) is 3.15. The summed E-state index contributed by atoms with van der Waals surface area (Å²) in [5, 5.41) is 3.04. The van der Waals surface area contributed by atoms with E-state index >= 15 is 0 Å². The summed E-state index contributed by atoms with van der Waals surface area (Å²) >= 11 is 0. The normalized spacial score (nSPS) is 21.5. The summed E-state index contributed by atoms with van der Waals surface area (Å²) in [6, 6.07) is 3.90. The molecule has 3 nitrogen and oxygen atoms in total. The Kier molecular flexibility index (Phi) is 4.07. The average molecular weight is 274 g/mol. The number of benzene rings is 1. The van der Waals surface area contributed by atoms with Crippen LogP contribution in [0.5, 0.6) is 0 Å². The summed E-state index contributed by atoms with van der Waals surface area (Å²) in [5.41, 5.74) is 9.80. The number of amides is 1. The van der Waals surface area contributed by atoms with Crippen LogP contribution in [0.2, 0.25) is 0 Å². The summed E-state index contributed by atoms with van der Waals surface area (Å²) in [6.07, 6.45) is 4.46. The molecule has 1 unspecified atom stereocenters. The van der Waals surface area contributed by atoms with E-state index in [1.807, 2.05) is 26.0 Å². The summed E-state index contributed by atoms with van der Waals surface area (Å²) in [5.74, 6) is 0.196. The second kappa shape index (κ2) is 5.47. The highest BCUT2D eigenvalue weighted by Crippen LogP contribution is 2.41. The summed E-state index contributed by atoms with van der Waals surface area (Å²) in [6.45, 7) is 8.46. The number of rotatable bonds is 2. The van der Waals surface area contributed by atoms with Crippen LogP contribution in [0, 0.1) is 25.2 Å². The van der Waals surface area contributed by atoms with Crippen molar-refractivity contribution in [3.05, 3.63) is 23.3 Å². The van der Waals surface area contributed by atoms with Gasteiger partial charge in [0.25, 0.3) is 0 Å². The van der Waals surface area contributed by atoms with Crippen molar-refractivity contribution >= 4 is 17.3 Å². The third-order valence-corrected chi connectivity index (χ3v) is 4.75. The Hall–Kier alpha value is -1.51. The molecule has 20 heavy (non-hydrogen) atoms. The molecule has 2 rings (SSSR count). The van der Waals surface area contributed by atoms with E-state index < -0.39 is 0 Å². The van der Waals surface area contributed by atoms with Gasteiger partial charge in [0.15, 0.2) is 0 Å². The molecule has 110 valence electrons. The molecule has 1 aliphatic carbocycles. The minimum absolute atomic E-state index is 0.0802. The molecule has 0 spiro atoms. The summed E-state index contributed by atoms with van der Waals surface area (Å²) < 4.78 is 0. The maximum Gasteiger partial charge on any atom is 0.228 e. The van der Waals surface area contributed by atoms with Crippen molar-refractivity contribution in [3.63, 3.8) is 0 Å². The van der Waals surface area contributed by atoms with Crippen LogP contribution in [0.3, 0.4) is 0 Å². The monoisotopic (exact) mass is 274 g/mol. The number of hydrogen-bond acceptors (Lipinski definition) is 2. The third kappa shape index (κ3) is 2.97. The Labute approximate surface area is 121 Å². The van der Waals surface area contributed by atoms with E-state index in [2.05, 4.69) is 19.2 Å². The molecular weight excluding hydrogens is 248 g/mol. The molecule has 0 bridgehead atoms. The molecule has 1 aromatic carbocycles. The Bertz CT molecular complexity index is 520. The van der Waals surface area contributed by atoms with Crippen molar-refractivity contribution in [3.8, 4) is 0 Å². The van der Waals surface area contributed by atoms with Crippen LogP contribution in [0.15, 0.2) is 12.1 Å². The van der Waals surface area contributed by atoms with E-state index in [0.29, 0.717) is 5.69 Å². The molecule has 0 heterocycles. The van der Waals surface area contributed by atoms with Gasteiger partial charge in [-0.05, 0) is 55.4 Å². The first-order valence-corrected chi connectivity index (χ1v) is 7.49. The number of nitrogens with one attached hydrogen (secondary N) is 1. The van der Waals surface area contributed by atoms with Gasteiger partial charge >= 0.3 is 0 Å². The number of aryl methyl sites for hydroxylation is 2. The summed E-state index contributed by atoms with van der Waals surface area (Å²) in [4.78, 5) is 12.6. The largest absolute Gasteiger partial charge is 0.397 e. The smallest absolute Gasteiger partial charge is 0.228 e. The standard InChI is InChI=1S/C17H26N2O/c1-11-9-14(18)15(10-12(11)2)19-16(20)13-7-5-6-8-17(13,3)4/h9-10,13H,5-8,18H2,1-4H3,(H,19,20). The molecule has 1 saturated carbocycles. The molecule has 0 aromatic heterocycles. The highest BCUT2D eigenvalue weighted by atomic mass is 16.1. The maximum atomic E-state index is 12.6. The Morgan fingerprint density at radius 2 is 1.90 bits per heavy atom. The Morgan fingerprint density at radius 3 is 2.55 bits per heavy atom. The topological polar surface area (TPSA) is 55.1 Å². The van der Waals surface area contributed by atoms with E-state index in [1.54, 1.807) is 0 Å². The number of nitrogens with two attached hydrogens (primary N) is 1. The fourth-order valence-electron chi connectivity index (χ4n) is 3.15. The van der Waals surface area contributed by atoms with E-state index in [0.717, 1.165) is 36.1 Å². The lowest BCUT2D eigenvalue weighted by Gasteiger charge is -2.37. The van der Waals surface area contributed by atoms with E-state index in [9.17, 15) is 4.79 Å². The molecule has 1 atom stereocenters. The molecule has 3 heteroatoms. The second-order valence-corrected chi connectivity index (χ2v) is 6.80. The fraction of sp³-hybridized carbons (Fsp3) is 0.588. The lowest BCUT2D eigenvalue weighted by atomic mass is 9.68.